The monoisotopic (exact) mass is 410 g/mol. The number of carbonyl (C=O) groups excluding carboxylic acids is 2. The van der Waals surface area contributed by atoms with Crippen LogP contribution in [-0.4, -0.2) is 61.8 Å². The molecule has 2 aliphatic heterocycles. The minimum Gasteiger partial charge on any atom is -0.462 e. The second-order valence-electron chi connectivity index (χ2n) is 8.71. The molecule has 0 atom stereocenters. The molecule has 1 saturated heterocycles. The Morgan fingerprint density at radius 2 is 1.93 bits per heavy atom. The lowest BCUT2D eigenvalue weighted by Crippen LogP contribution is -3.03. The van der Waals surface area contributed by atoms with Crippen molar-refractivity contribution in [2.75, 3.05) is 44.8 Å². The van der Waals surface area contributed by atoms with Gasteiger partial charge in [-0.1, -0.05) is 0 Å². The fourth-order valence-electron chi connectivity index (χ4n) is 4.33. The van der Waals surface area contributed by atoms with Crippen molar-refractivity contribution in [3.63, 3.8) is 0 Å². The molecular weight excluding hydrogens is 378 g/mol. The summed E-state index contributed by atoms with van der Waals surface area (Å²) in [6.07, 6.45) is 0.787. The summed E-state index contributed by atoms with van der Waals surface area (Å²) in [5.41, 5.74) is 1.50. The molecule has 1 amide bonds. The van der Waals surface area contributed by atoms with Crippen LogP contribution in [0.15, 0.2) is 0 Å². The van der Waals surface area contributed by atoms with Crippen molar-refractivity contribution in [1.29, 1.82) is 0 Å². The molecule has 0 radical (unpaired) electrons. The molecular formula is C20H32N3O4S+. The maximum Gasteiger partial charge on any atom is 0.341 e. The molecule has 3 heterocycles. The van der Waals surface area contributed by atoms with Crippen molar-refractivity contribution in [2.45, 2.75) is 52.1 Å². The maximum atomic E-state index is 12.8. The van der Waals surface area contributed by atoms with E-state index in [2.05, 4.69) is 38.3 Å². The minimum atomic E-state index is -0.310. The summed E-state index contributed by atoms with van der Waals surface area (Å²) >= 11 is 1.57. The molecule has 0 unspecified atom stereocenters. The molecule has 3 rings (SSSR count). The zero-order valence-corrected chi connectivity index (χ0v) is 18.3. The van der Waals surface area contributed by atoms with Gasteiger partial charge >= 0.3 is 5.97 Å². The van der Waals surface area contributed by atoms with E-state index in [0.717, 1.165) is 17.0 Å². The Morgan fingerprint density at radius 3 is 2.57 bits per heavy atom. The van der Waals surface area contributed by atoms with Crippen molar-refractivity contribution >= 4 is 28.2 Å². The molecule has 2 aliphatic rings. The average molecular weight is 411 g/mol. The maximum absolute atomic E-state index is 12.8. The quantitative estimate of drug-likeness (QED) is 0.716. The Bertz CT molecular complexity index is 751. The van der Waals surface area contributed by atoms with Gasteiger partial charge in [-0.15, -0.1) is 11.3 Å². The van der Waals surface area contributed by atoms with Crippen LogP contribution in [0, 0.1) is 0 Å². The molecule has 3 N–H and O–H groups in total. The van der Waals surface area contributed by atoms with E-state index < -0.39 is 0 Å². The number of amides is 1. The van der Waals surface area contributed by atoms with Crippen molar-refractivity contribution in [3.05, 3.63) is 16.0 Å². The highest BCUT2D eigenvalue weighted by Crippen LogP contribution is 2.42. The zero-order chi connectivity index (χ0) is 20.5. The number of nitrogens with zero attached hydrogens (tertiary/aromatic N) is 1. The summed E-state index contributed by atoms with van der Waals surface area (Å²) in [5.74, 6) is -0.287. The molecule has 7 nitrogen and oxygen atoms in total. The van der Waals surface area contributed by atoms with E-state index in [9.17, 15) is 9.59 Å². The van der Waals surface area contributed by atoms with Gasteiger partial charge in [-0.25, -0.2) is 4.79 Å². The smallest absolute Gasteiger partial charge is 0.341 e. The Kier molecular flexibility index (Phi) is 6.03. The zero-order valence-electron chi connectivity index (χ0n) is 17.5. The highest BCUT2D eigenvalue weighted by molar-refractivity contribution is 7.16. The largest absolute Gasteiger partial charge is 0.462 e. The van der Waals surface area contributed by atoms with Crippen molar-refractivity contribution in [2.24, 2.45) is 0 Å². The second-order valence-corrected chi connectivity index (χ2v) is 9.73. The van der Waals surface area contributed by atoms with Gasteiger partial charge in [0.05, 0.1) is 42.3 Å². The molecule has 0 saturated carbocycles. The van der Waals surface area contributed by atoms with E-state index in [4.69, 9.17) is 9.47 Å². The van der Waals surface area contributed by atoms with Crippen molar-refractivity contribution in [1.82, 2.24) is 4.90 Å². The molecule has 8 heteroatoms. The van der Waals surface area contributed by atoms with Gasteiger partial charge in [0.1, 0.15) is 10.5 Å². The molecule has 28 heavy (non-hydrogen) atoms. The van der Waals surface area contributed by atoms with Crippen LogP contribution in [0.4, 0.5) is 5.00 Å². The third-order valence-electron chi connectivity index (χ3n) is 5.22. The molecule has 1 fully saturated rings. The number of quaternary nitrogens is 1. The van der Waals surface area contributed by atoms with Crippen molar-refractivity contribution < 1.29 is 24.4 Å². The standard InChI is InChI=1S/C20H31N3O4S/c1-6-27-18(25)15-13-11-19(2,3)22-20(4,5)16(13)28-17(15)21-12-14(24)23-7-9-26-10-8-23/h21-22H,6-12H2,1-5H3/p+1. The molecule has 156 valence electrons. The number of nitrogens with one attached hydrogen (secondary N) is 1. The molecule has 1 aromatic heterocycles. The number of ether oxygens (including phenoxy) is 2. The van der Waals surface area contributed by atoms with Crippen LogP contribution < -0.4 is 10.6 Å². The first kappa shape index (κ1) is 21.1. The summed E-state index contributed by atoms with van der Waals surface area (Å²) in [6, 6.07) is 0. The van der Waals surface area contributed by atoms with Crippen LogP contribution in [0.5, 0.6) is 0 Å². The summed E-state index contributed by atoms with van der Waals surface area (Å²) in [4.78, 5) is 28.3. The Labute approximate surface area is 170 Å². The number of carbonyl (C=O) groups is 2. The number of nitrogens with two attached hydrogens (primary N) is 1. The fourth-order valence-corrected chi connectivity index (χ4v) is 5.60. The number of hydrogen-bond acceptors (Lipinski definition) is 6. The first-order valence-electron chi connectivity index (χ1n) is 9.94. The Morgan fingerprint density at radius 1 is 1.25 bits per heavy atom. The number of anilines is 1. The van der Waals surface area contributed by atoms with E-state index in [1.807, 2.05) is 6.92 Å². The van der Waals surface area contributed by atoms with E-state index in [0.29, 0.717) is 38.5 Å². The predicted molar refractivity (Wildman–Crippen MR) is 109 cm³/mol. The lowest BCUT2D eigenvalue weighted by atomic mass is 9.81. The summed E-state index contributed by atoms with van der Waals surface area (Å²) in [7, 11) is 0. The van der Waals surface area contributed by atoms with Gasteiger partial charge in [0.15, 0.2) is 0 Å². The Balaban J connectivity index is 1.89. The minimum absolute atomic E-state index is 0.0142. The summed E-state index contributed by atoms with van der Waals surface area (Å²) < 4.78 is 10.7. The van der Waals surface area contributed by atoms with Crippen molar-refractivity contribution in [3.8, 4) is 0 Å². The van der Waals surface area contributed by atoms with Gasteiger partial charge in [-0.3, -0.25) is 4.79 Å². The first-order valence-corrected chi connectivity index (χ1v) is 10.8. The van der Waals surface area contributed by atoms with Gasteiger partial charge in [0.25, 0.3) is 0 Å². The Hall–Kier alpha value is -1.64. The van der Waals surface area contributed by atoms with Crippen LogP contribution in [0.2, 0.25) is 0 Å². The van der Waals surface area contributed by atoms with E-state index in [-0.39, 0.29) is 29.5 Å². The van der Waals surface area contributed by atoms with Gasteiger partial charge < -0.3 is 25.0 Å². The van der Waals surface area contributed by atoms with Crippen LogP contribution in [0.25, 0.3) is 0 Å². The lowest BCUT2D eigenvalue weighted by Gasteiger charge is -2.38. The number of hydrogen-bond donors (Lipinski definition) is 2. The third kappa shape index (κ3) is 4.34. The molecule has 1 aromatic rings. The fraction of sp³-hybridized carbons (Fsp3) is 0.700. The van der Waals surface area contributed by atoms with Crippen LogP contribution in [-0.2, 0) is 26.2 Å². The van der Waals surface area contributed by atoms with Gasteiger partial charge in [0.2, 0.25) is 5.91 Å². The summed E-state index contributed by atoms with van der Waals surface area (Å²) in [6.45, 7) is 13.4. The highest BCUT2D eigenvalue weighted by atomic mass is 32.1. The first-order chi connectivity index (χ1) is 13.1. The lowest BCUT2D eigenvalue weighted by molar-refractivity contribution is -0.789. The van der Waals surface area contributed by atoms with E-state index in [1.165, 1.54) is 4.88 Å². The normalized spacial score (nSPS) is 20.4. The van der Waals surface area contributed by atoms with Gasteiger partial charge in [0, 0.05) is 19.5 Å². The third-order valence-corrected chi connectivity index (χ3v) is 6.75. The SMILES string of the molecule is CCOC(=O)c1c(NCC(=O)N2CCOCC2)sc2c1CC(C)(C)[NH2+]C2(C)C. The molecule has 0 aromatic carbocycles. The molecule has 0 aliphatic carbocycles. The van der Waals surface area contributed by atoms with Gasteiger partial charge in [-0.05, 0) is 40.2 Å². The van der Waals surface area contributed by atoms with Crippen LogP contribution >= 0.6 is 11.3 Å². The number of morpholine rings is 1. The highest BCUT2D eigenvalue weighted by Gasteiger charge is 2.45. The molecule has 0 spiro atoms. The number of rotatable bonds is 5. The van der Waals surface area contributed by atoms with E-state index in [1.54, 1.807) is 16.2 Å². The molecule has 0 bridgehead atoms. The predicted octanol–water partition coefficient (Wildman–Crippen LogP) is 1.33. The topological polar surface area (TPSA) is 84.5 Å². The number of thiophene rings is 1. The average Bonchev–Trinajstić information content (AvgIpc) is 2.98. The van der Waals surface area contributed by atoms with Crippen LogP contribution in [0.1, 0.15) is 55.4 Å². The number of esters is 1. The van der Waals surface area contributed by atoms with E-state index >= 15 is 0 Å². The number of fused-ring (bicyclic) bond motifs is 1. The summed E-state index contributed by atoms with van der Waals surface area (Å²) in [5, 5.41) is 6.34. The van der Waals surface area contributed by atoms with Gasteiger partial charge in [-0.2, -0.15) is 0 Å². The van der Waals surface area contributed by atoms with Crippen LogP contribution in [0.3, 0.4) is 0 Å². The second kappa shape index (κ2) is 8.00.